The van der Waals surface area contributed by atoms with Gasteiger partial charge in [0.2, 0.25) is 5.91 Å². The van der Waals surface area contributed by atoms with Crippen LogP contribution in [-0.4, -0.2) is 67.2 Å². The van der Waals surface area contributed by atoms with Crippen molar-refractivity contribution in [3.8, 4) is 0 Å². The number of piperazine rings is 1. The fraction of sp³-hybridized carbons (Fsp3) is 0.917. The van der Waals surface area contributed by atoms with Crippen LogP contribution in [-0.2, 0) is 9.53 Å². The van der Waals surface area contributed by atoms with Crippen LogP contribution >= 0.6 is 24.8 Å². The van der Waals surface area contributed by atoms with E-state index in [9.17, 15) is 4.79 Å². The van der Waals surface area contributed by atoms with Gasteiger partial charge in [0.15, 0.2) is 0 Å². The second kappa shape index (κ2) is 8.27. The smallest absolute Gasteiger partial charge is 0.242 e. The number of ether oxygens (including phenoxy) is 1. The maximum atomic E-state index is 12.2. The molecule has 19 heavy (non-hydrogen) atoms. The molecule has 0 aliphatic carbocycles. The Labute approximate surface area is 127 Å². The average Bonchev–Trinajstić information content (AvgIpc) is 2.74. The minimum atomic E-state index is -0.518. The van der Waals surface area contributed by atoms with Crippen molar-refractivity contribution in [3.05, 3.63) is 0 Å². The van der Waals surface area contributed by atoms with Gasteiger partial charge in [0.25, 0.3) is 0 Å². The van der Waals surface area contributed by atoms with Crippen LogP contribution in [0.5, 0.6) is 0 Å². The summed E-state index contributed by atoms with van der Waals surface area (Å²) in [6.07, 6.45) is 2.46. The summed E-state index contributed by atoms with van der Waals surface area (Å²) in [5.41, 5.74) is 5.83. The molecule has 114 valence electrons. The van der Waals surface area contributed by atoms with E-state index in [0.717, 1.165) is 13.1 Å². The van der Waals surface area contributed by atoms with Crippen molar-refractivity contribution in [3.63, 3.8) is 0 Å². The van der Waals surface area contributed by atoms with E-state index in [1.165, 1.54) is 19.4 Å². The number of halogens is 2. The Morgan fingerprint density at radius 1 is 1.42 bits per heavy atom. The van der Waals surface area contributed by atoms with Crippen molar-refractivity contribution >= 4 is 30.7 Å². The lowest BCUT2D eigenvalue weighted by Crippen LogP contribution is -2.60. The molecule has 0 aromatic heterocycles. The van der Waals surface area contributed by atoms with Gasteiger partial charge in [-0.1, -0.05) is 0 Å². The van der Waals surface area contributed by atoms with Gasteiger partial charge in [-0.25, -0.2) is 0 Å². The molecular formula is C12H25Cl2N3O2. The zero-order chi connectivity index (χ0) is 12.4. The molecule has 2 saturated heterocycles. The minimum absolute atomic E-state index is 0. The molecule has 0 aromatic carbocycles. The van der Waals surface area contributed by atoms with E-state index in [1.807, 2.05) is 4.90 Å². The van der Waals surface area contributed by atoms with Gasteiger partial charge in [-0.15, -0.1) is 24.8 Å². The van der Waals surface area contributed by atoms with E-state index in [0.29, 0.717) is 12.6 Å². The fourth-order valence-electron chi connectivity index (χ4n) is 2.96. The van der Waals surface area contributed by atoms with Crippen LogP contribution in [0.15, 0.2) is 0 Å². The summed E-state index contributed by atoms with van der Waals surface area (Å²) in [7, 11) is 1.57. The van der Waals surface area contributed by atoms with Gasteiger partial charge in [-0.05, 0) is 26.3 Å². The molecule has 0 spiro atoms. The van der Waals surface area contributed by atoms with Crippen LogP contribution in [0, 0.1) is 0 Å². The highest BCUT2D eigenvalue weighted by Gasteiger charge is 2.37. The summed E-state index contributed by atoms with van der Waals surface area (Å²) in [4.78, 5) is 16.6. The van der Waals surface area contributed by atoms with Gasteiger partial charge in [0.05, 0.1) is 6.61 Å². The number of carbonyl (C=O) groups is 1. The lowest BCUT2D eigenvalue weighted by molar-refractivity contribution is -0.139. The number of amides is 1. The Bertz CT molecular complexity index is 294. The van der Waals surface area contributed by atoms with E-state index >= 15 is 0 Å². The number of hydrogen-bond acceptors (Lipinski definition) is 4. The highest BCUT2D eigenvalue weighted by molar-refractivity contribution is 5.85. The molecule has 0 bridgehead atoms. The molecule has 2 N–H and O–H groups in total. The Balaban J connectivity index is 0.00000162. The van der Waals surface area contributed by atoms with Gasteiger partial charge < -0.3 is 15.4 Å². The third kappa shape index (κ3) is 4.20. The molecule has 3 unspecified atom stereocenters. The Kier molecular flexibility index (Phi) is 8.24. The van der Waals surface area contributed by atoms with Crippen LogP contribution in [0.3, 0.4) is 0 Å². The van der Waals surface area contributed by atoms with Gasteiger partial charge in [-0.3, -0.25) is 9.69 Å². The van der Waals surface area contributed by atoms with E-state index in [1.54, 1.807) is 7.11 Å². The van der Waals surface area contributed by atoms with Gasteiger partial charge in [0, 0.05) is 32.3 Å². The summed E-state index contributed by atoms with van der Waals surface area (Å²) in [6, 6.07) is 0.292. The predicted octanol–water partition coefficient (Wildman–Crippen LogP) is 0.499. The quantitative estimate of drug-likeness (QED) is 0.824. The molecule has 0 saturated carbocycles. The van der Waals surface area contributed by atoms with Crippen molar-refractivity contribution in [1.82, 2.24) is 9.80 Å². The Morgan fingerprint density at radius 2 is 2.11 bits per heavy atom. The Morgan fingerprint density at radius 3 is 2.74 bits per heavy atom. The van der Waals surface area contributed by atoms with Crippen LogP contribution in [0.25, 0.3) is 0 Å². The summed E-state index contributed by atoms with van der Waals surface area (Å²) >= 11 is 0. The van der Waals surface area contributed by atoms with Crippen molar-refractivity contribution in [2.75, 3.05) is 33.4 Å². The third-order valence-electron chi connectivity index (χ3n) is 3.88. The molecule has 2 heterocycles. The topological polar surface area (TPSA) is 58.8 Å². The highest BCUT2D eigenvalue weighted by atomic mass is 35.5. The SMILES string of the molecule is COCC(N)C(=O)N1CC2CCCN2CC1C.Cl.Cl. The first-order valence-corrected chi connectivity index (χ1v) is 6.42. The minimum Gasteiger partial charge on any atom is -0.383 e. The molecule has 1 amide bonds. The molecule has 0 radical (unpaired) electrons. The molecule has 3 atom stereocenters. The number of nitrogens with two attached hydrogens (primary N) is 1. The number of hydrogen-bond donors (Lipinski definition) is 1. The molecule has 7 heteroatoms. The lowest BCUT2D eigenvalue weighted by Gasteiger charge is -2.43. The average molecular weight is 314 g/mol. The van der Waals surface area contributed by atoms with Crippen LogP contribution in [0.1, 0.15) is 19.8 Å². The van der Waals surface area contributed by atoms with Gasteiger partial charge in [-0.2, -0.15) is 0 Å². The van der Waals surface area contributed by atoms with Crippen LogP contribution in [0.2, 0.25) is 0 Å². The standard InChI is InChI=1S/C12H23N3O2.2ClH/c1-9-6-14-5-3-4-10(14)7-15(9)12(16)11(13)8-17-2;;/h9-11H,3-8,13H2,1-2H3;2*1H. The summed E-state index contributed by atoms with van der Waals surface area (Å²) in [6.45, 7) is 5.40. The number of carbonyl (C=O) groups excluding carboxylic acids is 1. The maximum Gasteiger partial charge on any atom is 0.242 e. The second-order valence-electron chi connectivity index (χ2n) is 5.19. The summed E-state index contributed by atoms with van der Waals surface area (Å²) < 4.78 is 4.95. The maximum absolute atomic E-state index is 12.2. The Hall–Kier alpha value is -0.0700. The van der Waals surface area contributed by atoms with E-state index in [2.05, 4.69) is 11.8 Å². The number of fused-ring (bicyclic) bond motifs is 1. The zero-order valence-corrected chi connectivity index (χ0v) is 13.2. The van der Waals surface area contributed by atoms with Gasteiger partial charge in [0.1, 0.15) is 6.04 Å². The van der Waals surface area contributed by atoms with Crippen molar-refractivity contribution in [2.45, 2.75) is 37.9 Å². The molecule has 2 aliphatic rings. The number of nitrogens with zero attached hydrogens (tertiary/aromatic N) is 2. The van der Waals surface area contributed by atoms with Crippen molar-refractivity contribution in [2.24, 2.45) is 5.73 Å². The fourth-order valence-corrected chi connectivity index (χ4v) is 2.96. The molecular weight excluding hydrogens is 289 g/mol. The molecule has 2 fully saturated rings. The van der Waals surface area contributed by atoms with Crippen LogP contribution < -0.4 is 5.73 Å². The number of methoxy groups -OCH3 is 1. The van der Waals surface area contributed by atoms with Gasteiger partial charge >= 0.3 is 0 Å². The lowest BCUT2D eigenvalue weighted by atomic mass is 10.1. The first-order valence-electron chi connectivity index (χ1n) is 6.42. The second-order valence-corrected chi connectivity index (χ2v) is 5.19. The molecule has 0 aromatic rings. The van der Waals surface area contributed by atoms with Crippen molar-refractivity contribution in [1.29, 1.82) is 0 Å². The first kappa shape index (κ1) is 18.9. The molecule has 5 nitrogen and oxygen atoms in total. The predicted molar refractivity (Wildman–Crippen MR) is 80.1 cm³/mol. The zero-order valence-electron chi connectivity index (χ0n) is 11.6. The summed E-state index contributed by atoms with van der Waals surface area (Å²) in [5.74, 6) is 0.0332. The van der Waals surface area contributed by atoms with E-state index < -0.39 is 6.04 Å². The third-order valence-corrected chi connectivity index (χ3v) is 3.88. The summed E-state index contributed by atoms with van der Waals surface area (Å²) in [5, 5.41) is 0. The highest BCUT2D eigenvalue weighted by Crippen LogP contribution is 2.24. The van der Waals surface area contributed by atoms with E-state index in [-0.39, 0.29) is 36.8 Å². The van der Waals surface area contributed by atoms with Crippen molar-refractivity contribution < 1.29 is 9.53 Å². The molecule has 2 aliphatic heterocycles. The normalized spacial score (nSPS) is 28.1. The van der Waals surface area contributed by atoms with Crippen LogP contribution in [0.4, 0.5) is 0 Å². The van der Waals surface area contributed by atoms with E-state index in [4.69, 9.17) is 10.5 Å². The first-order chi connectivity index (χ1) is 8.13. The number of rotatable bonds is 3. The molecule has 2 rings (SSSR count). The largest absolute Gasteiger partial charge is 0.383 e. The monoisotopic (exact) mass is 313 g/mol.